The van der Waals surface area contributed by atoms with Crippen molar-refractivity contribution in [3.8, 4) is 0 Å². The van der Waals surface area contributed by atoms with E-state index in [1.807, 2.05) is 30.3 Å². The molecule has 1 aromatic heterocycles. The number of carbonyl (C=O) groups is 1. The van der Waals surface area contributed by atoms with Crippen LogP contribution in [0.2, 0.25) is 5.02 Å². The minimum atomic E-state index is -0.0354. The second-order valence-electron chi connectivity index (χ2n) is 6.80. The molecule has 1 fully saturated rings. The Kier molecular flexibility index (Phi) is 6.47. The lowest BCUT2D eigenvalue weighted by Crippen LogP contribution is -2.48. The van der Waals surface area contributed by atoms with E-state index in [9.17, 15) is 4.79 Å². The van der Waals surface area contributed by atoms with E-state index in [1.165, 1.54) is 5.56 Å². The van der Waals surface area contributed by atoms with Crippen molar-refractivity contribution in [2.45, 2.75) is 32.0 Å². The lowest BCUT2D eigenvalue weighted by Gasteiger charge is -2.33. The lowest BCUT2D eigenvalue weighted by atomic mass is 10.0. The van der Waals surface area contributed by atoms with Gasteiger partial charge < -0.3 is 10.2 Å². The van der Waals surface area contributed by atoms with Gasteiger partial charge in [0.05, 0.1) is 12.2 Å². The third-order valence-corrected chi connectivity index (χ3v) is 4.96. The first kappa shape index (κ1) is 18.7. The Morgan fingerprint density at radius 1 is 1.23 bits per heavy atom. The van der Waals surface area contributed by atoms with E-state index in [0.717, 1.165) is 43.2 Å². The minimum Gasteiger partial charge on any atom is -0.335 e. The Labute approximate surface area is 160 Å². The van der Waals surface area contributed by atoms with Crippen LogP contribution in [-0.2, 0) is 13.1 Å². The second kappa shape index (κ2) is 9.01. The maximum atomic E-state index is 12.4. The molecule has 2 amide bonds. The molecule has 1 aliphatic rings. The van der Waals surface area contributed by atoms with Crippen molar-refractivity contribution >= 4 is 17.6 Å². The van der Waals surface area contributed by atoms with Gasteiger partial charge in [0.25, 0.3) is 0 Å². The number of benzene rings is 1. The predicted octanol–water partition coefficient (Wildman–Crippen LogP) is 3.54. The number of halogens is 1. The van der Waals surface area contributed by atoms with Crippen LogP contribution in [0.25, 0.3) is 0 Å². The molecule has 2 heterocycles. The van der Waals surface area contributed by atoms with Gasteiger partial charge in [-0.3, -0.25) is 9.88 Å². The molecule has 26 heavy (non-hydrogen) atoms. The van der Waals surface area contributed by atoms with Crippen LogP contribution in [0.3, 0.4) is 0 Å². The van der Waals surface area contributed by atoms with Gasteiger partial charge in [-0.25, -0.2) is 4.79 Å². The number of aromatic nitrogens is 1. The number of nitrogens with one attached hydrogen (secondary N) is 1. The predicted molar refractivity (Wildman–Crippen MR) is 104 cm³/mol. The zero-order chi connectivity index (χ0) is 18.4. The first-order valence-corrected chi connectivity index (χ1v) is 9.36. The van der Waals surface area contributed by atoms with Crippen LogP contribution in [0.4, 0.5) is 4.79 Å². The fourth-order valence-electron chi connectivity index (χ4n) is 3.17. The number of piperidine rings is 1. The molecule has 1 saturated heterocycles. The highest BCUT2D eigenvalue weighted by Gasteiger charge is 2.22. The van der Waals surface area contributed by atoms with Crippen molar-refractivity contribution in [3.05, 3.63) is 64.9 Å². The summed E-state index contributed by atoms with van der Waals surface area (Å²) in [6.07, 6.45) is 3.69. The summed E-state index contributed by atoms with van der Waals surface area (Å²) in [5.41, 5.74) is 2.16. The molecule has 0 radical (unpaired) electrons. The van der Waals surface area contributed by atoms with Gasteiger partial charge in [-0.15, -0.1) is 0 Å². The lowest BCUT2D eigenvalue weighted by molar-refractivity contribution is 0.173. The Morgan fingerprint density at radius 3 is 2.62 bits per heavy atom. The molecule has 0 aliphatic carbocycles. The highest BCUT2D eigenvalue weighted by Crippen LogP contribution is 2.16. The van der Waals surface area contributed by atoms with Crippen molar-refractivity contribution in [3.63, 3.8) is 0 Å². The monoisotopic (exact) mass is 372 g/mol. The van der Waals surface area contributed by atoms with Crippen LogP contribution in [-0.4, -0.2) is 47.0 Å². The molecule has 6 heteroatoms. The van der Waals surface area contributed by atoms with E-state index in [4.69, 9.17) is 11.6 Å². The van der Waals surface area contributed by atoms with Crippen LogP contribution < -0.4 is 5.32 Å². The molecular weight excluding hydrogens is 348 g/mol. The molecule has 1 aliphatic heterocycles. The van der Waals surface area contributed by atoms with Gasteiger partial charge in [-0.05, 0) is 42.7 Å². The van der Waals surface area contributed by atoms with Crippen molar-refractivity contribution in [1.82, 2.24) is 20.1 Å². The topological polar surface area (TPSA) is 48.5 Å². The minimum absolute atomic E-state index is 0.0354. The first-order valence-electron chi connectivity index (χ1n) is 8.98. The van der Waals surface area contributed by atoms with E-state index >= 15 is 0 Å². The number of hydrogen-bond donors (Lipinski definition) is 1. The van der Waals surface area contributed by atoms with Gasteiger partial charge >= 0.3 is 6.03 Å². The molecule has 5 nitrogen and oxygen atoms in total. The van der Waals surface area contributed by atoms with E-state index in [1.54, 1.807) is 18.1 Å². The summed E-state index contributed by atoms with van der Waals surface area (Å²) in [5.74, 6) is 0. The molecule has 138 valence electrons. The third kappa shape index (κ3) is 5.44. The summed E-state index contributed by atoms with van der Waals surface area (Å²) in [6.45, 7) is 3.41. The summed E-state index contributed by atoms with van der Waals surface area (Å²) < 4.78 is 0. The Balaban J connectivity index is 1.41. The molecular formula is C20H25ClN4O. The number of pyridine rings is 1. The molecule has 0 saturated carbocycles. The zero-order valence-corrected chi connectivity index (χ0v) is 15.8. The summed E-state index contributed by atoms with van der Waals surface area (Å²) in [6, 6.07) is 13.9. The van der Waals surface area contributed by atoms with Crippen molar-refractivity contribution in [1.29, 1.82) is 0 Å². The Hall–Kier alpha value is -2.11. The Morgan fingerprint density at radius 2 is 1.96 bits per heavy atom. The van der Waals surface area contributed by atoms with E-state index in [2.05, 4.69) is 27.3 Å². The van der Waals surface area contributed by atoms with Crippen LogP contribution in [0.5, 0.6) is 0 Å². The molecule has 2 aromatic rings. The smallest absolute Gasteiger partial charge is 0.317 e. The second-order valence-corrected chi connectivity index (χ2v) is 7.24. The number of hydrogen-bond acceptors (Lipinski definition) is 3. The molecule has 0 bridgehead atoms. The average molecular weight is 373 g/mol. The van der Waals surface area contributed by atoms with Gasteiger partial charge in [-0.1, -0.05) is 29.8 Å². The van der Waals surface area contributed by atoms with Crippen molar-refractivity contribution in [2.75, 3.05) is 20.1 Å². The third-order valence-electron chi connectivity index (χ3n) is 4.71. The Bertz CT molecular complexity index is 700. The van der Waals surface area contributed by atoms with Crippen LogP contribution in [0.15, 0.2) is 48.7 Å². The normalized spacial score (nSPS) is 15.6. The number of likely N-dealkylation sites (tertiary alicyclic amines) is 1. The van der Waals surface area contributed by atoms with Gasteiger partial charge in [0.15, 0.2) is 0 Å². The first-order chi connectivity index (χ1) is 12.6. The van der Waals surface area contributed by atoms with E-state index in [0.29, 0.717) is 6.54 Å². The fraction of sp³-hybridized carbons (Fsp3) is 0.400. The largest absolute Gasteiger partial charge is 0.335 e. The summed E-state index contributed by atoms with van der Waals surface area (Å²) in [7, 11) is 1.81. The van der Waals surface area contributed by atoms with Crippen LogP contribution in [0, 0.1) is 0 Å². The molecule has 0 unspecified atom stereocenters. The van der Waals surface area contributed by atoms with Gasteiger partial charge in [0, 0.05) is 43.9 Å². The molecule has 0 spiro atoms. The maximum Gasteiger partial charge on any atom is 0.317 e. The van der Waals surface area contributed by atoms with Gasteiger partial charge in [0.1, 0.15) is 0 Å². The van der Waals surface area contributed by atoms with E-state index < -0.39 is 0 Å². The standard InChI is InChI=1S/C20H25ClN4O/c1-24(15-19-4-2-3-11-22-19)20(26)23-18-9-12-25(13-10-18)14-16-5-7-17(21)8-6-16/h2-8,11,18H,9-10,12-15H2,1H3,(H,23,26). The summed E-state index contributed by atoms with van der Waals surface area (Å²) >= 11 is 5.94. The average Bonchev–Trinajstić information content (AvgIpc) is 2.66. The van der Waals surface area contributed by atoms with Crippen LogP contribution >= 0.6 is 11.6 Å². The summed E-state index contributed by atoms with van der Waals surface area (Å²) in [4.78, 5) is 20.8. The number of amides is 2. The van der Waals surface area contributed by atoms with E-state index in [-0.39, 0.29) is 12.1 Å². The molecule has 0 atom stereocenters. The summed E-state index contributed by atoms with van der Waals surface area (Å²) in [5, 5.41) is 3.91. The number of carbonyl (C=O) groups excluding carboxylic acids is 1. The quantitative estimate of drug-likeness (QED) is 0.873. The number of urea groups is 1. The number of nitrogens with zero attached hydrogens (tertiary/aromatic N) is 3. The SMILES string of the molecule is CN(Cc1ccccn1)C(=O)NC1CCN(Cc2ccc(Cl)cc2)CC1. The van der Waals surface area contributed by atoms with Crippen molar-refractivity contribution in [2.24, 2.45) is 0 Å². The maximum absolute atomic E-state index is 12.4. The highest BCUT2D eigenvalue weighted by molar-refractivity contribution is 6.30. The molecule has 1 aromatic carbocycles. The molecule has 3 rings (SSSR count). The highest BCUT2D eigenvalue weighted by atomic mass is 35.5. The van der Waals surface area contributed by atoms with Crippen molar-refractivity contribution < 1.29 is 4.79 Å². The number of rotatable bonds is 5. The zero-order valence-electron chi connectivity index (χ0n) is 15.1. The van der Waals surface area contributed by atoms with Gasteiger partial charge in [-0.2, -0.15) is 0 Å². The van der Waals surface area contributed by atoms with Crippen LogP contribution in [0.1, 0.15) is 24.1 Å². The fourth-order valence-corrected chi connectivity index (χ4v) is 3.30. The van der Waals surface area contributed by atoms with Gasteiger partial charge in [0.2, 0.25) is 0 Å². The molecule has 1 N–H and O–H groups in total.